The Balaban J connectivity index is 1.45. The zero-order chi connectivity index (χ0) is 19.3. The van der Waals surface area contributed by atoms with Crippen LogP contribution in [-0.2, 0) is 19.5 Å². The van der Waals surface area contributed by atoms with E-state index in [1.165, 1.54) is 22.0 Å². The van der Waals surface area contributed by atoms with Crippen LogP contribution in [0.1, 0.15) is 16.7 Å². The lowest BCUT2D eigenvalue weighted by Gasteiger charge is -2.06. The fourth-order valence-electron chi connectivity index (χ4n) is 3.55. The molecule has 3 aromatic carbocycles. The first-order valence-corrected chi connectivity index (χ1v) is 10.2. The highest BCUT2D eigenvalue weighted by Crippen LogP contribution is 2.23. The number of nitrogens with zero attached hydrogens (tertiary/aromatic N) is 1. The van der Waals surface area contributed by atoms with Crippen molar-refractivity contribution in [1.82, 2.24) is 9.88 Å². The van der Waals surface area contributed by atoms with Gasteiger partial charge in [0.15, 0.2) is 0 Å². The van der Waals surface area contributed by atoms with E-state index in [0.29, 0.717) is 5.02 Å². The van der Waals surface area contributed by atoms with Crippen LogP contribution in [0.3, 0.4) is 0 Å². The molecule has 0 spiro atoms. The quantitative estimate of drug-likeness (QED) is 0.353. The molecule has 0 amide bonds. The molecule has 0 radical (unpaired) electrons. The van der Waals surface area contributed by atoms with E-state index in [1.54, 1.807) is 6.07 Å². The van der Waals surface area contributed by atoms with Gasteiger partial charge in [-0.15, -0.1) is 0 Å². The van der Waals surface area contributed by atoms with Gasteiger partial charge >= 0.3 is 0 Å². The van der Waals surface area contributed by atoms with Crippen LogP contribution in [0.2, 0.25) is 10.0 Å². The molecule has 0 saturated heterocycles. The van der Waals surface area contributed by atoms with Crippen molar-refractivity contribution in [3.05, 3.63) is 106 Å². The molecule has 0 atom stereocenters. The highest BCUT2D eigenvalue weighted by molar-refractivity contribution is 6.35. The molecule has 0 aliphatic carbocycles. The number of halogens is 2. The lowest BCUT2D eigenvalue weighted by atomic mass is 10.1. The molecule has 4 rings (SSSR count). The summed E-state index contributed by atoms with van der Waals surface area (Å²) in [5.41, 5.74) is 5.00. The minimum Gasteiger partial charge on any atom is -0.343 e. The van der Waals surface area contributed by atoms with Crippen LogP contribution < -0.4 is 5.32 Å². The summed E-state index contributed by atoms with van der Waals surface area (Å²) in [5, 5.41) is 6.26. The third-order valence-corrected chi connectivity index (χ3v) is 5.56. The van der Waals surface area contributed by atoms with Crippen molar-refractivity contribution in [2.24, 2.45) is 0 Å². The van der Waals surface area contributed by atoms with E-state index in [-0.39, 0.29) is 0 Å². The summed E-state index contributed by atoms with van der Waals surface area (Å²) in [6.07, 6.45) is 3.14. The summed E-state index contributed by atoms with van der Waals surface area (Å²) in [6, 6.07) is 24.9. The predicted octanol–water partition coefficient (Wildman–Crippen LogP) is 6.33. The van der Waals surface area contributed by atoms with Crippen LogP contribution in [0.15, 0.2) is 79.0 Å². The maximum atomic E-state index is 6.27. The van der Waals surface area contributed by atoms with Gasteiger partial charge in [-0.25, -0.2) is 0 Å². The van der Waals surface area contributed by atoms with Gasteiger partial charge in [-0.2, -0.15) is 0 Å². The molecule has 0 aliphatic heterocycles. The van der Waals surface area contributed by atoms with Gasteiger partial charge in [0.25, 0.3) is 0 Å². The Hall–Kier alpha value is -2.26. The van der Waals surface area contributed by atoms with Gasteiger partial charge in [-0.3, -0.25) is 0 Å². The molecule has 28 heavy (non-hydrogen) atoms. The highest BCUT2D eigenvalue weighted by atomic mass is 35.5. The second-order valence-corrected chi connectivity index (χ2v) is 7.79. The average molecular weight is 409 g/mol. The van der Waals surface area contributed by atoms with Crippen LogP contribution in [0, 0.1) is 0 Å². The van der Waals surface area contributed by atoms with Crippen LogP contribution >= 0.6 is 23.2 Å². The van der Waals surface area contributed by atoms with Crippen molar-refractivity contribution >= 4 is 34.1 Å². The number of aromatic nitrogens is 1. The van der Waals surface area contributed by atoms with Crippen molar-refractivity contribution in [2.45, 2.75) is 19.5 Å². The van der Waals surface area contributed by atoms with Gasteiger partial charge in [-0.1, -0.05) is 77.8 Å². The molecule has 1 N–H and O–H groups in total. The Morgan fingerprint density at radius 2 is 1.61 bits per heavy atom. The number of fused-ring (bicyclic) bond motifs is 1. The number of rotatable bonds is 7. The number of para-hydroxylation sites is 1. The van der Waals surface area contributed by atoms with Gasteiger partial charge < -0.3 is 9.88 Å². The predicted molar refractivity (Wildman–Crippen MR) is 119 cm³/mol. The fraction of sp³-hybridized carbons (Fsp3) is 0.167. The van der Waals surface area contributed by atoms with E-state index in [2.05, 4.69) is 70.7 Å². The van der Waals surface area contributed by atoms with Crippen LogP contribution in [0.5, 0.6) is 0 Å². The molecule has 2 nitrogen and oxygen atoms in total. The molecule has 4 aromatic rings. The van der Waals surface area contributed by atoms with E-state index >= 15 is 0 Å². The Morgan fingerprint density at radius 3 is 2.43 bits per heavy atom. The molecule has 4 heteroatoms. The van der Waals surface area contributed by atoms with Gasteiger partial charge in [0.2, 0.25) is 0 Å². The number of nitrogens with one attached hydrogen (secondary N) is 1. The first kappa shape index (κ1) is 19.1. The topological polar surface area (TPSA) is 17.0 Å². The van der Waals surface area contributed by atoms with E-state index in [9.17, 15) is 0 Å². The van der Waals surface area contributed by atoms with Gasteiger partial charge in [0.1, 0.15) is 0 Å². The van der Waals surface area contributed by atoms with Crippen LogP contribution in [-0.4, -0.2) is 11.1 Å². The van der Waals surface area contributed by atoms with E-state index in [1.807, 2.05) is 12.1 Å². The molecule has 1 aromatic heterocycles. The fourth-order valence-corrected chi connectivity index (χ4v) is 4.05. The molecule has 0 fully saturated rings. The summed E-state index contributed by atoms with van der Waals surface area (Å²) in [4.78, 5) is 0. The monoisotopic (exact) mass is 408 g/mol. The van der Waals surface area contributed by atoms with Crippen LogP contribution in [0.25, 0.3) is 10.9 Å². The Kier molecular flexibility index (Phi) is 6.01. The number of hydrogen-bond acceptors (Lipinski definition) is 1. The number of hydrogen-bond donors (Lipinski definition) is 1. The maximum absolute atomic E-state index is 6.27. The van der Waals surface area contributed by atoms with Crippen molar-refractivity contribution in [1.29, 1.82) is 0 Å². The zero-order valence-electron chi connectivity index (χ0n) is 15.5. The third kappa shape index (κ3) is 4.41. The molecule has 0 unspecified atom stereocenters. The van der Waals surface area contributed by atoms with E-state index in [0.717, 1.165) is 36.6 Å². The minimum atomic E-state index is 0.674. The molecule has 0 saturated carbocycles. The summed E-state index contributed by atoms with van der Waals surface area (Å²) in [6.45, 7) is 2.56. The van der Waals surface area contributed by atoms with E-state index in [4.69, 9.17) is 23.2 Å². The molecule has 0 aliphatic rings. The second kappa shape index (κ2) is 8.83. The van der Waals surface area contributed by atoms with Gasteiger partial charge in [0, 0.05) is 40.2 Å². The molecular weight excluding hydrogens is 387 g/mol. The van der Waals surface area contributed by atoms with Gasteiger partial charge in [-0.05, 0) is 47.9 Å². The summed E-state index contributed by atoms with van der Waals surface area (Å²) in [5.74, 6) is 0. The zero-order valence-corrected chi connectivity index (χ0v) is 17.0. The SMILES string of the molecule is Clc1ccc(CCNCc2cn(Cc3ccccc3)c3ccccc23)c(Cl)c1. The highest BCUT2D eigenvalue weighted by Gasteiger charge is 2.08. The second-order valence-electron chi connectivity index (χ2n) is 6.95. The van der Waals surface area contributed by atoms with Crippen molar-refractivity contribution in [3.8, 4) is 0 Å². The maximum Gasteiger partial charge on any atom is 0.0486 e. The van der Waals surface area contributed by atoms with Crippen molar-refractivity contribution < 1.29 is 0 Å². The Morgan fingerprint density at radius 1 is 0.821 bits per heavy atom. The van der Waals surface area contributed by atoms with Crippen molar-refractivity contribution in [3.63, 3.8) is 0 Å². The first-order chi connectivity index (χ1) is 13.7. The smallest absolute Gasteiger partial charge is 0.0486 e. The Labute approximate surface area is 175 Å². The first-order valence-electron chi connectivity index (χ1n) is 9.46. The number of benzene rings is 3. The lowest BCUT2D eigenvalue weighted by molar-refractivity contribution is 0.686. The Bertz CT molecular complexity index is 1070. The molecule has 0 bridgehead atoms. The summed E-state index contributed by atoms with van der Waals surface area (Å²) >= 11 is 12.2. The standard InChI is InChI=1S/C24H22Cl2N2/c25-21-11-10-19(23(26)14-21)12-13-27-15-20-17-28(16-18-6-2-1-3-7-18)24-9-5-4-8-22(20)24/h1-11,14,17,27H,12-13,15-16H2. The molecule has 142 valence electrons. The largest absolute Gasteiger partial charge is 0.343 e. The van der Waals surface area contributed by atoms with E-state index < -0.39 is 0 Å². The normalized spacial score (nSPS) is 11.2. The minimum absolute atomic E-state index is 0.674. The van der Waals surface area contributed by atoms with Gasteiger partial charge in [0.05, 0.1) is 0 Å². The average Bonchev–Trinajstić information content (AvgIpc) is 3.05. The van der Waals surface area contributed by atoms with Crippen molar-refractivity contribution in [2.75, 3.05) is 6.54 Å². The molecule has 1 heterocycles. The third-order valence-electron chi connectivity index (χ3n) is 4.97. The molecular formula is C24H22Cl2N2. The summed E-state index contributed by atoms with van der Waals surface area (Å²) < 4.78 is 2.33. The summed E-state index contributed by atoms with van der Waals surface area (Å²) in [7, 11) is 0. The van der Waals surface area contributed by atoms with Crippen LogP contribution in [0.4, 0.5) is 0 Å². The lowest BCUT2D eigenvalue weighted by Crippen LogP contribution is -2.16.